The highest BCUT2D eigenvalue weighted by Crippen LogP contribution is 2.28. The number of carbonyl (C=O) groups excluding carboxylic acids is 1. The summed E-state index contributed by atoms with van der Waals surface area (Å²) in [6.07, 6.45) is 1.04. The van der Waals surface area contributed by atoms with Crippen LogP contribution in [0, 0.1) is 6.92 Å². The fourth-order valence-corrected chi connectivity index (χ4v) is 4.14. The molecule has 1 N–H and O–H groups in total. The summed E-state index contributed by atoms with van der Waals surface area (Å²) in [7, 11) is -2.05. The van der Waals surface area contributed by atoms with Crippen LogP contribution >= 0.6 is 34.4 Å². The molecule has 2 aromatic heterocycles. The van der Waals surface area contributed by atoms with Crippen molar-refractivity contribution in [1.82, 2.24) is 19.5 Å². The lowest BCUT2D eigenvalue weighted by Crippen LogP contribution is -2.34. The number of anilines is 1. The maximum absolute atomic E-state index is 11.8. The molecule has 12 heteroatoms. The lowest BCUT2D eigenvalue weighted by molar-refractivity contribution is -0.116. The van der Waals surface area contributed by atoms with Crippen LogP contribution in [0.1, 0.15) is 10.7 Å². The average Bonchev–Trinajstić information content (AvgIpc) is 3.04. The highest BCUT2D eigenvalue weighted by Gasteiger charge is 2.16. The number of aryl methyl sites for hydroxylation is 1. The Labute approximate surface area is 146 Å². The van der Waals surface area contributed by atoms with E-state index in [0.717, 1.165) is 21.3 Å². The molecule has 0 spiro atoms. The van der Waals surface area contributed by atoms with Crippen LogP contribution in [-0.4, -0.2) is 53.7 Å². The first-order valence-electron chi connectivity index (χ1n) is 6.32. The van der Waals surface area contributed by atoms with Crippen LogP contribution < -0.4 is 5.32 Å². The van der Waals surface area contributed by atoms with Gasteiger partial charge in [-0.3, -0.25) is 10.1 Å². The van der Waals surface area contributed by atoms with Gasteiger partial charge in [0.2, 0.25) is 21.1 Å². The van der Waals surface area contributed by atoms with Crippen LogP contribution in [0.3, 0.4) is 0 Å². The third-order valence-corrected chi connectivity index (χ3v) is 6.68. The molecule has 126 valence electrons. The summed E-state index contributed by atoms with van der Waals surface area (Å²) < 4.78 is 24.2. The number of aromatic nitrogens is 3. The van der Waals surface area contributed by atoms with Gasteiger partial charge in [0, 0.05) is 18.2 Å². The molecule has 0 bridgehead atoms. The van der Waals surface area contributed by atoms with E-state index >= 15 is 0 Å². The molecule has 1 amide bonds. The lowest BCUT2D eigenvalue weighted by Gasteiger charge is -2.12. The SMILES string of the molecule is Cc1nc(CSc2nnc(NC(=O)CN(C)S(C)(=O)=O)s2)cs1. The molecule has 0 aliphatic carbocycles. The van der Waals surface area contributed by atoms with E-state index in [2.05, 4.69) is 20.5 Å². The number of carbonyl (C=O) groups is 1. The van der Waals surface area contributed by atoms with Gasteiger partial charge < -0.3 is 0 Å². The number of thioether (sulfide) groups is 1. The minimum absolute atomic E-state index is 0.265. The molecule has 8 nitrogen and oxygen atoms in total. The van der Waals surface area contributed by atoms with Crippen LogP contribution in [0.15, 0.2) is 9.72 Å². The highest BCUT2D eigenvalue weighted by molar-refractivity contribution is 8.00. The van der Waals surface area contributed by atoms with Gasteiger partial charge in [-0.05, 0) is 6.92 Å². The largest absolute Gasteiger partial charge is 0.299 e. The normalized spacial score (nSPS) is 11.8. The Hall–Kier alpha value is -1.08. The molecule has 0 fully saturated rings. The van der Waals surface area contributed by atoms with Crippen molar-refractivity contribution in [3.8, 4) is 0 Å². The topological polar surface area (TPSA) is 105 Å². The van der Waals surface area contributed by atoms with E-state index in [1.165, 1.54) is 30.1 Å². The van der Waals surface area contributed by atoms with E-state index in [0.29, 0.717) is 15.2 Å². The quantitative estimate of drug-likeness (QED) is 0.560. The summed E-state index contributed by atoms with van der Waals surface area (Å²) >= 11 is 4.32. The second-order valence-electron chi connectivity index (χ2n) is 4.59. The Kier molecular flexibility index (Phi) is 6.08. The van der Waals surface area contributed by atoms with Crippen LogP contribution in [0.25, 0.3) is 0 Å². The molecular weight excluding hydrogens is 378 g/mol. The maximum atomic E-state index is 11.8. The van der Waals surface area contributed by atoms with Crippen molar-refractivity contribution in [3.05, 3.63) is 16.1 Å². The summed E-state index contributed by atoms with van der Waals surface area (Å²) in [5.74, 6) is 0.227. The number of hydrogen-bond acceptors (Lipinski definition) is 9. The molecule has 0 radical (unpaired) electrons. The van der Waals surface area contributed by atoms with Crippen molar-refractivity contribution in [2.24, 2.45) is 0 Å². The number of sulfonamides is 1. The Balaban J connectivity index is 1.85. The van der Waals surface area contributed by atoms with E-state index in [1.54, 1.807) is 11.3 Å². The van der Waals surface area contributed by atoms with Gasteiger partial charge in [-0.15, -0.1) is 21.5 Å². The van der Waals surface area contributed by atoms with Gasteiger partial charge in [0.15, 0.2) is 4.34 Å². The zero-order valence-corrected chi connectivity index (χ0v) is 15.9. The van der Waals surface area contributed by atoms with Gasteiger partial charge in [0.25, 0.3) is 0 Å². The second kappa shape index (κ2) is 7.66. The minimum Gasteiger partial charge on any atom is -0.299 e. The Morgan fingerprint density at radius 2 is 2.17 bits per heavy atom. The Morgan fingerprint density at radius 3 is 2.78 bits per heavy atom. The van der Waals surface area contributed by atoms with E-state index in [-0.39, 0.29) is 6.54 Å². The van der Waals surface area contributed by atoms with Gasteiger partial charge in [-0.25, -0.2) is 13.4 Å². The molecule has 2 rings (SSSR count). The molecule has 0 saturated heterocycles. The van der Waals surface area contributed by atoms with Crippen molar-refractivity contribution < 1.29 is 13.2 Å². The van der Waals surface area contributed by atoms with E-state index in [4.69, 9.17) is 0 Å². The molecule has 0 saturated carbocycles. The molecule has 2 aromatic rings. The Morgan fingerprint density at radius 1 is 1.43 bits per heavy atom. The first-order chi connectivity index (χ1) is 10.7. The second-order valence-corrected chi connectivity index (χ2v) is 9.94. The van der Waals surface area contributed by atoms with Crippen molar-refractivity contribution in [1.29, 1.82) is 0 Å². The van der Waals surface area contributed by atoms with E-state index < -0.39 is 15.9 Å². The zero-order chi connectivity index (χ0) is 17.0. The molecule has 0 aromatic carbocycles. The first kappa shape index (κ1) is 18.3. The standard InChI is InChI=1S/C11H15N5O3S4/c1-7-12-8(5-20-7)6-21-11-15-14-10(22-11)13-9(17)4-16(2)23(3,18)19/h5H,4,6H2,1-3H3,(H,13,14,17). The number of amides is 1. The maximum Gasteiger partial charge on any atom is 0.241 e. The fourth-order valence-electron chi connectivity index (χ4n) is 1.41. The molecule has 0 aliphatic heterocycles. The molecule has 0 unspecified atom stereocenters. The van der Waals surface area contributed by atoms with Crippen molar-refractivity contribution in [2.45, 2.75) is 17.0 Å². The number of likely N-dealkylation sites (N-methyl/N-ethyl adjacent to an activating group) is 1. The van der Waals surface area contributed by atoms with Crippen molar-refractivity contribution in [2.75, 3.05) is 25.2 Å². The van der Waals surface area contributed by atoms with Crippen LogP contribution in [0.5, 0.6) is 0 Å². The van der Waals surface area contributed by atoms with Crippen LogP contribution in [0.2, 0.25) is 0 Å². The number of rotatable bonds is 7. The fraction of sp³-hybridized carbons (Fsp3) is 0.455. The highest BCUT2D eigenvalue weighted by atomic mass is 32.2. The van der Waals surface area contributed by atoms with Gasteiger partial charge in [0.1, 0.15) is 0 Å². The van der Waals surface area contributed by atoms with Gasteiger partial charge in [0.05, 0.1) is 23.5 Å². The molecule has 0 atom stereocenters. The monoisotopic (exact) mass is 393 g/mol. The van der Waals surface area contributed by atoms with Crippen molar-refractivity contribution >= 4 is 55.5 Å². The first-order valence-corrected chi connectivity index (χ1v) is 10.9. The third-order valence-electron chi connectivity index (χ3n) is 2.60. The molecule has 23 heavy (non-hydrogen) atoms. The predicted octanol–water partition coefficient (Wildman–Crippen LogP) is 1.43. The zero-order valence-electron chi connectivity index (χ0n) is 12.6. The number of thiazole rings is 1. The van der Waals surface area contributed by atoms with Gasteiger partial charge in [-0.2, -0.15) is 4.31 Å². The predicted molar refractivity (Wildman–Crippen MR) is 92.4 cm³/mol. The van der Waals surface area contributed by atoms with Crippen LogP contribution in [-0.2, 0) is 20.6 Å². The molecular formula is C11H15N5O3S4. The van der Waals surface area contributed by atoms with Gasteiger partial charge in [-0.1, -0.05) is 23.1 Å². The van der Waals surface area contributed by atoms with Crippen LogP contribution in [0.4, 0.5) is 5.13 Å². The summed E-state index contributed by atoms with van der Waals surface area (Å²) in [5.41, 5.74) is 0.980. The van der Waals surface area contributed by atoms with E-state index in [1.807, 2.05) is 12.3 Å². The minimum atomic E-state index is -3.39. The summed E-state index contributed by atoms with van der Waals surface area (Å²) in [6.45, 7) is 1.68. The summed E-state index contributed by atoms with van der Waals surface area (Å²) in [5, 5.41) is 13.7. The smallest absolute Gasteiger partial charge is 0.241 e. The van der Waals surface area contributed by atoms with Crippen molar-refractivity contribution in [3.63, 3.8) is 0 Å². The molecule has 2 heterocycles. The number of hydrogen-bond donors (Lipinski definition) is 1. The van der Waals surface area contributed by atoms with E-state index in [9.17, 15) is 13.2 Å². The van der Waals surface area contributed by atoms with Gasteiger partial charge >= 0.3 is 0 Å². The summed E-state index contributed by atoms with van der Waals surface area (Å²) in [4.78, 5) is 16.1. The lowest BCUT2D eigenvalue weighted by atomic mass is 10.6. The summed E-state index contributed by atoms with van der Waals surface area (Å²) in [6, 6.07) is 0. The average molecular weight is 394 g/mol. The third kappa shape index (κ3) is 5.80. The number of nitrogens with one attached hydrogen (secondary N) is 1. The molecule has 0 aliphatic rings. The number of nitrogens with zero attached hydrogens (tertiary/aromatic N) is 4. The Bertz CT molecular complexity index is 785.